The van der Waals surface area contributed by atoms with Crippen molar-refractivity contribution in [3.8, 4) is 23.1 Å². The van der Waals surface area contributed by atoms with E-state index in [1.54, 1.807) is 48.9 Å². The van der Waals surface area contributed by atoms with Gasteiger partial charge in [0.15, 0.2) is 10.7 Å². The van der Waals surface area contributed by atoms with Gasteiger partial charge in [-0.2, -0.15) is 10.4 Å². The second-order valence-corrected chi connectivity index (χ2v) is 6.11. The van der Waals surface area contributed by atoms with Crippen LogP contribution in [0.3, 0.4) is 0 Å². The van der Waals surface area contributed by atoms with Crippen molar-refractivity contribution in [3.63, 3.8) is 0 Å². The number of ether oxygens (including phenoxy) is 1. The Kier molecular flexibility index (Phi) is 5.39. The lowest BCUT2D eigenvalue weighted by Crippen LogP contribution is -2.01. The minimum atomic E-state index is -0.457. The van der Waals surface area contributed by atoms with Crippen LogP contribution in [0.1, 0.15) is 5.01 Å². The maximum Gasteiger partial charge on any atom is 0.269 e. The van der Waals surface area contributed by atoms with Gasteiger partial charge in [-0.05, 0) is 36.4 Å². The number of hydrazone groups is 1. The van der Waals surface area contributed by atoms with Gasteiger partial charge in [-0.3, -0.25) is 15.5 Å². The standard InChI is InChI=1S/C18H13N5O3S/c1-26-15-8-4-13(5-9-15)21-22-16(10-19)18-20-17(11-27-18)12-2-6-14(7-3-12)23(24)25/h2-9,11,21H,1H3/b22-16+. The lowest BCUT2D eigenvalue weighted by atomic mass is 10.1. The molecule has 0 saturated heterocycles. The molecule has 0 aliphatic carbocycles. The van der Waals surface area contributed by atoms with Crippen LogP contribution in [0.15, 0.2) is 59.0 Å². The molecule has 1 heterocycles. The third-order valence-corrected chi connectivity index (χ3v) is 4.42. The number of hydrogen-bond acceptors (Lipinski definition) is 8. The van der Waals surface area contributed by atoms with Gasteiger partial charge in [0.05, 0.1) is 23.4 Å². The zero-order valence-electron chi connectivity index (χ0n) is 14.1. The summed E-state index contributed by atoms with van der Waals surface area (Å²) in [6, 6.07) is 15.2. The molecule has 1 aromatic heterocycles. The van der Waals surface area contributed by atoms with Crippen LogP contribution in [-0.4, -0.2) is 22.7 Å². The number of benzene rings is 2. The molecule has 0 unspecified atom stereocenters. The van der Waals surface area contributed by atoms with Gasteiger partial charge in [0, 0.05) is 23.1 Å². The van der Waals surface area contributed by atoms with Crippen molar-refractivity contribution in [2.24, 2.45) is 5.10 Å². The Balaban J connectivity index is 1.78. The molecule has 0 saturated carbocycles. The number of nitrogens with zero attached hydrogens (tertiary/aromatic N) is 4. The summed E-state index contributed by atoms with van der Waals surface area (Å²) in [5.74, 6) is 0.720. The molecule has 134 valence electrons. The molecule has 3 rings (SSSR count). The number of rotatable bonds is 6. The third kappa shape index (κ3) is 4.26. The van der Waals surface area contributed by atoms with Gasteiger partial charge >= 0.3 is 0 Å². The molecule has 3 aromatic rings. The summed E-state index contributed by atoms with van der Waals surface area (Å²) in [5, 5.41) is 26.4. The fraction of sp³-hybridized carbons (Fsp3) is 0.0556. The first-order chi connectivity index (χ1) is 13.1. The van der Waals surface area contributed by atoms with Crippen molar-refractivity contribution in [1.82, 2.24) is 4.98 Å². The largest absolute Gasteiger partial charge is 0.497 e. The van der Waals surface area contributed by atoms with Crippen LogP contribution in [0, 0.1) is 21.4 Å². The van der Waals surface area contributed by atoms with Gasteiger partial charge in [0.25, 0.3) is 5.69 Å². The van der Waals surface area contributed by atoms with Crippen LogP contribution in [-0.2, 0) is 0 Å². The van der Waals surface area contributed by atoms with Gasteiger partial charge < -0.3 is 4.74 Å². The van der Waals surface area contributed by atoms with Crippen molar-refractivity contribution in [2.45, 2.75) is 0 Å². The average Bonchev–Trinajstić information content (AvgIpc) is 3.19. The fourth-order valence-electron chi connectivity index (χ4n) is 2.18. The maximum atomic E-state index is 10.7. The fourth-order valence-corrected chi connectivity index (χ4v) is 2.94. The highest BCUT2D eigenvalue weighted by Crippen LogP contribution is 2.24. The second kappa shape index (κ2) is 8.07. The highest BCUT2D eigenvalue weighted by molar-refractivity contribution is 7.12. The highest BCUT2D eigenvalue weighted by atomic mass is 32.1. The van der Waals surface area contributed by atoms with Gasteiger partial charge in [0.2, 0.25) is 0 Å². The van der Waals surface area contributed by atoms with Crippen LogP contribution >= 0.6 is 11.3 Å². The summed E-state index contributed by atoms with van der Waals surface area (Å²) in [5.41, 5.74) is 5.02. The van der Waals surface area contributed by atoms with E-state index in [1.165, 1.54) is 23.5 Å². The molecule has 0 aliphatic rings. The molecule has 1 N–H and O–H groups in total. The lowest BCUT2D eigenvalue weighted by molar-refractivity contribution is -0.384. The SMILES string of the molecule is COc1ccc(N/N=C(\C#N)c2nc(-c3ccc([N+](=O)[O-])cc3)cs2)cc1. The Labute approximate surface area is 158 Å². The Hall–Kier alpha value is -3.77. The molecule has 0 atom stereocenters. The topological polar surface area (TPSA) is 113 Å². The summed E-state index contributed by atoms with van der Waals surface area (Å²) in [6.07, 6.45) is 0. The van der Waals surface area contributed by atoms with Crippen molar-refractivity contribution in [2.75, 3.05) is 12.5 Å². The molecule has 0 fully saturated rings. The number of aromatic nitrogens is 1. The van der Waals surface area contributed by atoms with Gasteiger partial charge in [-0.1, -0.05) is 0 Å². The monoisotopic (exact) mass is 379 g/mol. The Morgan fingerprint density at radius 3 is 2.56 bits per heavy atom. The summed E-state index contributed by atoms with van der Waals surface area (Å²) in [4.78, 5) is 14.7. The highest BCUT2D eigenvalue weighted by Gasteiger charge is 2.12. The minimum absolute atomic E-state index is 0.0113. The molecule has 0 radical (unpaired) electrons. The van der Waals surface area contributed by atoms with E-state index in [4.69, 9.17) is 4.74 Å². The van der Waals surface area contributed by atoms with E-state index in [-0.39, 0.29) is 11.4 Å². The first-order valence-corrected chi connectivity index (χ1v) is 8.57. The van der Waals surface area contributed by atoms with E-state index in [1.807, 2.05) is 6.07 Å². The number of nitro groups is 1. The summed E-state index contributed by atoms with van der Waals surface area (Å²) >= 11 is 1.27. The van der Waals surface area contributed by atoms with Crippen LogP contribution < -0.4 is 10.2 Å². The molecule has 0 spiro atoms. The van der Waals surface area contributed by atoms with Crippen LogP contribution in [0.5, 0.6) is 5.75 Å². The molecule has 0 aliphatic heterocycles. The molecule has 2 aromatic carbocycles. The van der Waals surface area contributed by atoms with E-state index in [2.05, 4.69) is 15.5 Å². The number of non-ortho nitro benzene ring substituents is 1. The van der Waals surface area contributed by atoms with Crippen molar-refractivity contribution >= 4 is 28.4 Å². The van der Waals surface area contributed by atoms with Gasteiger partial charge in [-0.25, -0.2) is 4.98 Å². The predicted molar refractivity (Wildman–Crippen MR) is 103 cm³/mol. The molecule has 0 amide bonds. The van der Waals surface area contributed by atoms with Crippen molar-refractivity contribution in [3.05, 3.63) is 69.0 Å². The normalized spacial score (nSPS) is 10.9. The number of thiazole rings is 1. The number of nitro benzene ring substituents is 1. The van der Waals surface area contributed by atoms with E-state index in [0.717, 1.165) is 11.3 Å². The molecular formula is C18H13N5O3S. The first kappa shape index (κ1) is 18.0. The minimum Gasteiger partial charge on any atom is -0.497 e. The van der Waals surface area contributed by atoms with Gasteiger partial charge in [0.1, 0.15) is 11.8 Å². The van der Waals surface area contributed by atoms with E-state index in [9.17, 15) is 15.4 Å². The third-order valence-electron chi connectivity index (χ3n) is 3.57. The van der Waals surface area contributed by atoms with Gasteiger partial charge in [-0.15, -0.1) is 11.3 Å². The zero-order valence-corrected chi connectivity index (χ0v) is 14.9. The molecule has 0 bridgehead atoms. The molecular weight excluding hydrogens is 366 g/mol. The Bertz CT molecular complexity index is 1020. The number of nitrogens with one attached hydrogen (secondary N) is 1. The summed E-state index contributed by atoms with van der Waals surface area (Å²) < 4.78 is 5.09. The number of methoxy groups -OCH3 is 1. The molecule has 27 heavy (non-hydrogen) atoms. The number of hydrogen-bond donors (Lipinski definition) is 1. The zero-order chi connectivity index (χ0) is 19.2. The van der Waals surface area contributed by atoms with Crippen molar-refractivity contribution < 1.29 is 9.66 Å². The summed E-state index contributed by atoms with van der Waals surface area (Å²) in [6.45, 7) is 0. The van der Waals surface area contributed by atoms with E-state index in [0.29, 0.717) is 16.4 Å². The van der Waals surface area contributed by atoms with E-state index >= 15 is 0 Å². The lowest BCUT2D eigenvalue weighted by Gasteiger charge is -2.02. The quantitative estimate of drug-likeness (QED) is 0.392. The summed E-state index contributed by atoms with van der Waals surface area (Å²) in [7, 11) is 1.58. The Morgan fingerprint density at radius 2 is 1.96 bits per heavy atom. The van der Waals surface area contributed by atoms with Crippen LogP contribution in [0.25, 0.3) is 11.3 Å². The second-order valence-electron chi connectivity index (χ2n) is 5.25. The number of nitriles is 1. The predicted octanol–water partition coefficient (Wildman–Crippen LogP) is 4.07. The maximum absolute atomic E-state index is 10.7. The van der Waals surface area contributed by atoms with Crippen LogP contribution in [0.2, 0.25) is 0 Å². The molecule has 9 heteroatoms. The number of anilines is 1. The van der Waals surface area contributed by atoms with Crippen LogP contribution in [0.4, 0.5) is 11.4 Å². The van der Waals surface area contributed by atoms with Crippen molar-refractivity contribution in [1.29, 1.82) is 5.26 Å². The van der Waals surface area contributed by atoms with E-state index < -0.39 is 4.92 Å². The Morgan fingerprint density at radius 1 is 1.26 bits per heavy atom. The average molecular weight is 379 g/mol. The smallest absolute Gasteiger partial charge is 0.269 e. The first-order valence-electron chi connectivity index (χ1n) is 7.69. The molecule has 8 nitrogen and oxygen atoms in total.